The van der Waals surface area contributed by atoms with Crippen molar-refractivity contribution in [1.29, 1.82) is 0 Å². The highest BCUT2D eigenvalue weighted by Gasteiger charge is 2.35. The van der Waals surface area contributed by atoms with Crippen molar-refractivity contribution in [3.63, 3.8) is 0 Å². The fourth-order valence-corrected chi connectivity index (χ4v) is 4.30. The number of hydrogen-bond acceptors (Lipinski definition) is 6. The van der Waals surface area contributed by atoms with Crippen LogP contribution in [0.1, 0.15) is 48.4 Å². The van der Waals surface area contributed by atoms with Gasteiger partial charge in [0.2, 0.25) is 0 Å². The van der Waals surface area contributed by atoms with Crippen molar-refractivity contribution in [3.8, 4) is 0 Å². The van der Waals surface area contributed by atoms with Crippen molar-refractivity contribution in [1.82, 2.24) is 15.2 Å². The van der Waals surface area contributed by atoms with Crippen LogP contribution in [0, 0.1) is 0 Å². The number of carbonyl (C=O) groups excluding carboxylic acids is 2. The SMILES string of the molecule is CC(C)(C)OC(=O)N1CCOCC1c1cc(Cl)ccc1CN1C(=C=S)NC(=O)c2[nH]ccc21. The molecule has 0 bridgehead atoms. The van der Waals surface area contributed by atoms with E-state index in [2.05, 4.69) is 15.3 Å². The number of anilines is 1. The van der Waals surface area contributed by atoms with Gasteiger partial charge in [0, 0.05) is 17.8 Å². The molecule has 1 aromatic carbocycles. The summed E-state index contributed by atoms with van der Waals surface area (Å²) in [5, 5.41) is 5.95. The zero-order valence-corrected chi connectivity index (χ0v) is 20.2. The van der Waals surface area contributed by atoms with Gasteiger partial charge in [-0.05, 0) is 67.3 Å². The zero-order valence-electron chi connectivity index (χ0n) is 18.6. The fraction of sp³-hybridized carbons (Fsp3) is 0.391. The summed E-state index contributed by atoms with van der Waals surface area (Å²) < 4.78 is 11.4. The molecule has 0 aliphatic carbocycles. The lowest BCUT2D eigenvalue weighted by atomic mass is 9.98. The molecule has 0 spiro atoms. The Morgan fingerprint density at radius 1 is 1.36 bits per heavy atom. The lowest BCUT2D eigenvalue weighted by Crippen LogP contribution is -2.46. The van der Waals surface area contributed by atoms with Crippen LogP contribution in [0.25, 0.3) is 0 Å². The zero-order chi connectivity index (χ0) is 23.8. The maximum atomic E-state index is 13.0. The molecule has 1 fully saturated rings. The number of nitrogens with zero attached hydrogens (tertiary/aromatic N) is 2. The van der Waals surface area contributed by atoms with Gasteiger partial charge in [-0.1, -0.05) is 17.7 Å². The van der Waals surface area contributed by atoms with E-state index in [1.165, 1.54) is 0 Å². The van der Waals surface area contributed by atoms with E-state index < -0.39 is 11.7 Å². The van der Waals surface area contributed by atoms with Crippen molar-refractivity contribution >= 4 is 46.5 Å². The third-order valence-electron chi connectivity index (χ3n) is 5.39. The Bertz CT molecular complexity index is 1140. The van der Waals surface area contributed by atoms with Crippen LogP contribution in [-0.4, -0.2) is 52.3 Å². The molecule has 2 aliphatic rings. The third kappa shape index (κ3) is 4.91. The molecule has 1 aromatic heterocycles. The van der Waals surface area contributed by atoms with E-state index in [1.54, 1.807) is 17.2 Å². The number of H-pyrrole nitrogens is 1. The molecule has 3 heterocycles. The number of fused-ring (bicyclic) bond motifs is 1. The number of carbonyl (C=O) groups is 2. The molecule has 1 atom stereocenters. The fourth-order valence-electron chi connectivity index (χ4n) is 3.96. The topological polar surface area (TPSA) is 86.9 Å². The van der Waals surface area contributed by atoms with Gasteiger partial charge in [0.1, 0.15) is 11.3 Å². The molecule has 2 aromatic rings. The Morgan fingerprint density at radius 2 is 2.15 bits per heavy atom. The molecule has 174 valence electrons. The second-order valence-electron chi connectivity index (χ2n) is 8.84. The number of benzene rings is 1. The molecular formula is C23H25ClN4O4S. The standard InChI is InChI=1S/C23H25ClN4O4S/c1-23(2,3)32-22(30)27-8-9-31-12-18(27)16-10-15(24)5-4-14(16)11-28-17-6-7-25-20(17)21(29)26-19(28)13-33/h4-7,10,18,25H,8-9,11-12H2,1-3H3,(H,26,29). The monoisotopic (exact) mass is 488 g/mol. The number of amides is 2. The molecule has 8 nitrogen and oxygen atoms in total. The van der Waals surface area contributed by atoms with Crippen molar-refractivity contribution in [2.45, 2.75) is 39.0 Å². The second-order valence-corrected chi connectivity index (χ2v) is 9.48. The van der Waals surface area contributed by atoms with Gasteiger partial charge in [-0.3, -0.25) is 15.0 Å². The molecule has 4 rings (SSSR count). The van der Waals surface area contributed by atoms with Crippen molar-refractivity contribution in [2.24, 2.45) is 0 Å². The number of aromatic amines is 1. The Hall–Kier alpha value is -2.84. The molecular weight excluding hydrogens is 464 g/mol. The molecule has 1 saturated heterocycles. The normalized spacial score (nSPS) is 18.5. The molecule has 0 saturated carbocycles. The average molecular weight is 489 g/mol. The van der Waals surface area contributed by atoms with Gasteiger partial charge in [0.25, 0.3) is 5.91 Å². The summed E-state index contributed by atoms with van der Waals surface area (Å²) in [6.07, 6.45) is 1.30. The number of morpholine rings is 1. The molecule has 0 radical (unpaired) electrons. The summed E-state index contributed by atoms with van der Waals surface area (Å²) in [5.74, 6) is 0.110. The highest BCUT2D eigenvalue weighted by Crippen LogP contribution is 2.34. The van der Waals surface area contributed by atoms with Crippen LogP contribution in [0.3, 0.4) is 0 Å². The molecule has 10 heteroatoms. The van der Waals surface area contributed by atoms with Crippen LogP contribution in [0.4, 0.5) is 10.5 Å². The maximum Gasteiger partial charge on any atom is 0.410 e. The van der Waals surface area contributed by atoms with Crippen molar-refractivity contribution in [2.75, 3.05) is 24.7 Å². The van der Waals surface area contributed by atoms with Crippen molar-refractivity contribution in [3.05, 3.63) is 58.1 Å². The molecule has 2 amide bonds. The minimum absolute atomic E-state index is 0.272. The summed E-state index contributed by atoms with van der Waals surface area (Å²) in [5.41, 5.74) is 2.25. The van der Waals surface area contributed by atoms with Gasteiger partial charge < -0.3 is 19.4 Å². The minimum Gasteiger partial charge on any atom is -0.444 e. The first-order valence-corrected chi connectivity index (χ1v) is 11.3. The number of rotatable bonds is 3. The summed E-state index contributed by atoms with van der Waals surface area (Å²) in [6.45, 7) is 7.02. The van der Waals surface area contributed by atoms with Crippen LogP contribution in [0.2, 0.25) is 5.02 Å². The van der Waals surface area contributed by atoms with Crippen LogP contribution in [0.5, 0.6) is 0 Å². The first-order valence-electron chi connectivity index (χ1n) is 10.5. The highest BCUT2D eigenvalue weighted by atomic mass is 35.5. The van der Waals surface area contributed by atoms with Gasteiger partial charge in [0.15, 0.2) is 5.82 Å². The number of thiocarbonyl (C=S) groups is 1. The Balaban J connectivity index is 1.71. The average Bonchev–Trinajstić information content (AvgIpc) is 3.26. The van der Waals surface area contributed by atoms with E-state index >= 15 is 0 Å². The van der Waals surface area contributed by atoms with Gasteiger partial charge in [-0.2, -0.15) is 0 Å². The number of hydrogen-bond donors (Lipinski definition) is 2. The van der Waals surface area contributed by atoms with E-state index in [0.29, 0.717) is 48.5 Å². The van der Waals surface area contributed by atoms with Gasteiger partial charge >= 0.3 is 6.09 Å². The van der Waals surface area contributed by atoms with E-state index in [1.807, 2.05) is 43.9 Å². The summed E-state index contributed by atoms with van der Waals surface area (Å²) in [7, 11) is 0. The predicted molar refractivity (Wildman–Crippen MR) is 129 cm³/mol. The van der Waals surface area contributed by atoms with E-state index in [-0.39, 0.29) is 11.9 Å². The van der Waals surface area contributed by atoms with E-state index in [0.717, 1.165) is 11.1 Å². The largest absolute Gasteiger partial charge is 0.444 e. The number of ether oxygens (including phenoxy) is 2. The quantitative estimate of drug-likeness (QED) is 0.631. The first kappa shape index (κ1) is 23.3. The van der Waals surface area contributed by atoms with Gasteiger partial charge in [-0.25, -0.2) is 4.79 Å². The molecule has 2 aliphatic heterocycles. The smallest absolute Gasteiger partial charge is 0.410 e. The van der Waals surface area contributed by atoms with Crippen LogP contribution >= 0.6 is 23.8 Å². The number of nitrogens with one attached hydrogen (secondary N) is 2. The number of aromatic nitrogens is 1. The summed E-state index contributed by atoms with van der Waals surface area (Å²) in [6, 6.07) is 6.97. The summed E-state index contributed by atoms with van der Waals surface area (Å²) in [4.78, 5) is 31.8. The highest BCUT2D eigenvalue weighted by molar-refractivity contribution is 7.78. The van der Waals surface area contributed by atoms with Crippen LogP contribution in [-0.2, 0) is 16.0 Å². The lowest BCUT2D eigenvalue weighted by Gasteiger charge is -2.38. The summed E-state index contributed by atoms with van der Waals surface area (Å²) >= 11 is 11.4. The van der Waals surface area contributed by atoms with Gasteiger partial charge in [0.05, 0.1) is 31.5 Å². The molecule has 2 N–H and O–H groups in total. The predicted octanol–water partition coefficient (Wildman–Crippen LogP) is 4.17. The van der Waals surface area contributed by atoms with E-state index in [4.69, 9.17) is 33.3 Å². The minimum atomic E-state index is -0.618. The lowest BCUT2D eigenvalue weighted by molar-refractivity contribution is -0.0332. The molecule has 33 heavy (non-hydrogen) atoms. The van der Waals surface area contributed by atoms with Crippen LogP contribution < -0.4 is 10.2 Å². The van der Waals surface area contributed by atoms with Crippen molar-refractivity contribution < 1.29 is 19.1 Å². The molecule has 1 unspecified atom stereocenters. The van der Waals surface area contributed by atoms with E-state index in [9.17, 15) is 9.59 Å². The Labute approximate surface area is 202 Å². The maximum absolute atomic E-state index is 13.0. The van der Waals surface area contributed by atoms with Gasteiger partial charge in [-0.15, -0.1) is 0 Å². The Kier molecular flexibility index (Phi) is 6.50. The second kappa shape index (κ2) is 9.19. The third-order valence-corrected chi connectivity index (χ3v) is 5.82. The van der Waals surface area contributed by atoms with Crippen LogP contribution in [0.15, 0.2) is 36.3 Å². The first-order chi connectivity index (χ1) is 15.7. The Morgan fingerprint density at radius 3 is 2.88 bits per heavy atom. The number of halogens is 1.